The number of hydrogen-bond donors (Lipinski definition) is 1. The second-order valence-corrected chi connectivity index (χ2v) is 7.03. The minimum atomic E-state index is -0.424. The van der Waals surface area contributed by atoms with Gasteiger partial charge in [-0.1, -0.05) is 18.2 Å². The quantitative estimate of drug-likeness (QED) is 0.873. The van der Waals surface area contributed by atoms with Crippen molar-refractivity contribution in [3.05, 3.63) is 29.8 Å². The number of nitrogens with zero attached hydrogens (tertiary/aromatic N) is 2. The molecule has 0 amide bonds. The highest BCUT2D eigenvalue weighted by molar-refractivity contribution is 5.31. The molecular formula is C19H30N2O2. The van der Waals surface area contributed by atoms with Crippen molar-refractivity contribution in [1.29, 1.82) is 0 Å². The van der Waals surface area contributed by atoms with E-state index in [4.69, 9.17) is 4.74 Å². The normalized spacial score (nSPS) is 24.7. The summed E-state index contributed by atoms with van der Waals surface area (Å²) in [6.07, 6.45) is 4.83. The number of aryl methyl sites for hydroxylation is 1. The lowest BCUT2D eigenvalue weighted by molar-refractivity contribution is 0.0415. The van der Waals surface area contributed by atoms with Gasteiger partial charge in [-0.15, -0.1) is 0 Å². The molecule has 2 aliphatic heterocycles. The van der Waals surface area contributed by atoms with Gasteiger partial charge < -0.3 is 9.84 Å². The molecule has 1 aromatic rings. The first kappa shape index (κ1) is 16.7. The molecule has 0 radical (unpaired) electrons. The predicted molar refractivity (Wildman–Crippen MR) is 92.9 cm³/mol. The fourth-order valence-electron chi connectivity index (χ4n) is 3.86. The molecule has 0 aliphatic carbocycles. The molecule has 4 nitrogen and oxygen atoms in total. The first-order chi connectivity index (χ1) is 11.2. The van der Waals surface area contributed by atoms with Crippen LogP contribution in [-0.2, 0) is 0 Å². The number of piperidine rings is 1. The van der Waals surface area contributed by atoms with Crippen LogP contribution in [0.4, 0.5) is 0 Å². The van der Waals surface area contributed by atoms with E-state index in [0.717, 1.165) is 30.9 Å². The van der Waals surface area contributed by atoms with Crippen LogP contribution in [0.1, 0.15) is 31.2 Å². The number of β-amino-alcohol motifs (C(OH)–C–C–N with tert-alkyl or cyclic N) is 1. The van der Waals surface area contributed by atoms with Crippen LogP contribution in [0.5, 0.6) is 5.75 Å². The lowest BCUT2D eigenvalue weighted by Gasteiger charge is -2.38. The van der Waals surface area contributed by atoms with Crippen molar-refractivity contribution in [2.45, 2.75) is 44.8 Å². The third-order valence-corrected chi connectivity index (χ3v) is 5.13. The van der Waals surface area contributed by atoms with Crippen molar-refractivity contribution >= 4 is 0 Å². The number of hydrogen-bond acceptors (Lipinski definition) is 4. The van der Waals surface area contributed by atoms with Crippen LogP contribution in [0, 0.1) is 6.92 Å². The van der Waals surface area contributed by atoms with E-state index in [1.54, 1.807) is 0 Å². The molecule has 23 heavy (non-hydrogen) atoms. The lowest BCUT2D eigenvalue weighted by Crippen LogP contribution is -2.49. The van der Waals surface area contributed by atoms with E-state index in [0.29, 0.717) is 12.6 Å². The summed E-state index contributed by atoms with van der Waals surface area (Å²) in [6, 6.07) is 8.67. The number of para-hydroxylation sites is 1. The van der Waals surface area contributed by atoms with Gasteiger partial charge in [0.15, 0.2) is 0 Å². The van der Waals surface area contributed by atoms with Crippen molar-refractivity contribution in [1.82, 2.24) is 9.80 Å². The van der Waals surface area contributed by atoms with Crippen LogP contribution < -0.4 is 4.74 Å². The van der Waals surface area contributed by atoms with E-state index in [2.05, 4.69) is 9.80 Å². The van der Waals surface area contributed by atoms with Gasteiger partial charge in [0, 0.05) is 19.1 Å². The van der Waals surface area contributed by atoms with E-state index in [1.807, 2.05) is 31.2 Å². The summed E-state index contributed by atoms with van der Waals surface area (Å²) < 4.78 is 5.78. The molecule has 0 saturated carbocycles. The van der Waals surface area contributed by atoms with Crippen molar-refractivity contribution in [3.8, 4) is 5.75 Å². The van der Waals surface area contributed by atoms with E-state index in [1.165, 1.54) is 38.8 Å². The zero-order valence-electron chi connectivity index (χ0n) is 14.3. The molecular weight excluding hydrogens is 288 g/mol. The second kappa shape index (κ2) is 8.13. The third kappa shape index (κ3) is 4.69. The van der Waals surface area contributed by atoms with Crippen LogP contribution >= 0.6 is 0 Å². The predicted octanol–water partition coefficient (Wildman–Crippen LogP) is 2.29. The second-order valence-electron chi connectivity index (χ2n) is 7.03. The number of likely N-dealkylation sites (tertiary alicyclic amines) is 2. The highest BCUT2D eigenvalue weighted by Gasteiger charge is 2.27. The summed E-state index contributed by atoms with van der Waals surface area (Å²) in [4.78, 5) is 5.06. The Kier molecular flexibility index (Phi) is 5.92. The van der Waals surface area contributed by atoms with Gasteiger partial charge in [-0.25, -0.2) is 0 Å². The molecule has 2 saturated heterocycles. The largest absolute Gasteiger partial charge is 0.491 e. The number of ether oxygens (including phenoxy) is 1. The van der Waals surface area contributed by atoms with Crippen LogP contribution in [0.25, 0.3) is 0 Å². The number of aliphatic hydroxyl groups excluding tert-OH is 1. The zero-order valence-corrected chi connectivity index (χ0v) is 14.3. The fourth-order valence-corrected chi connectivity index (χ4v) is 3.86. The van der Waals surface area contributed by atoms with Crippen molar-refractivity contribution in [3.63, 3.8) is 0 Å². The summed E-state index contributed by atoms with van der Waals surface area (Å²) in [7, 11) is 0. The summed E-state index contributed by atoms with van der Waals surface area (Å²) in [6.45, 7) is 7.85. The van der Waals surface area contributed by atoms with Crippen LogP contribution in [0.3, 0.4) is 0 Å². The molecule has 3 rings (SSSR count). The zero-order chi connectivity index (χ0) is 16.1. The minimum Gasteiger partial charge on any atom is -0.491 e. The van der Waals surface area contributed by atoms with Gasteiger partial charge in [-0.3, -0.25) is 9.80 Å². The van der Waals surface area contributed by atoms with Gasteiger partial charge in [0.1, 0.15) is 18.5 Å². The average molecular weight is 318 g/mol. The molecule has 2 heterocycles. The maximum atomic E-state index is 10.3. The number of rotatable bonds is 6. The van der Waals surface area contributed by atoms with E-state index >= 15 is 0 Å². The summed E-state index contributed by atoms with van der Waals surface area (Å²) in [5.74, 6) is 0.875. The van der Waals surface area contributed by atoms with Crippen molar-refractivity contribution < 1.29 is 9.84 Å². The summed E-state index contributed by atoms with van der Waals surface area (Å²) in [5, 5.41) is 10.3. The molecule has 2 unspecified atom stereocenters. The van der Waals surface area contributed by atoms with Gasteiger partial charge in [-0.2, -0.15) is 0 Å². The Bertz CT molecular complexity index is 488. The molecule has 2 fully saturated rings. The number of benzene rings is 1. The molecule has 2 aliphatic rings. The van der Waals surface area contributed by atoms with Gasteiger partial charge in [0.05, 0.1) is 0 Å². The van der Waals surface area contributed by atoms with Crippen LogP contribution in [0.15, 0.2) is 24.3 Å². The number of aliphatic hydroxyl groups is 1. The van der Waals surface area contributed by atoms with Crippen LogP contribution in [-0.4, -0.2) is 66.4 Å². The summed E-state index contributed by atoms with van der Waals surface area (Å²) >= 11 is 0. The Hall–Kier alpha value is -1.10. The van der Waals surface area contributed by atoms with Crippen molar-refractivity contribution in [2.75, 3.05) is 39.3 Å². The first-order valence-electron chi connectivity index (χ1n) is 9.05. The maximum absolute atomic E-state index is 10.3. The Morgan fingerprint density at radius 3 is 2.74 bits per heavy atom. The Balaban J connectivity index is 1.43. The van der Waals surface area contributed by atoms with Crippen LogP contribution in [0.2, 0.25) is 0 Å². The topological polar surface area (TPSA) is 35.9 Å². The average Bonchev–Trinajstić information content (AvgIpc) is 3.09. The molecule has 1 N–H and O–H groups in total. The third-order valence-electron chi connectivity index (χ3n) is 5.13. The van der Waals surface area contributed by atoms with E-state index in [9.17, 15) is 5.11 Å². The smallest absolute Gasteiger partial charge is 0.122 e. The first-order valence-corrected chi connectivity index (χ1v) is 9.05. The Morgan fingerprint density at radius 2 is 1.96 bits per heavy atom. The SMILES string of the molecule is Cc1ccccc1OCC(O)CN1CCCC(N2CCCC2)C1. The molecule has 4 heteroatoms. The van der Waals surface area contributed by atoms with E-state index in [-0.39, 0.29) is 0 Å². The Morgan fingerprint density at radius 1 is 1.17 bits per heavy atom. The van der Waals surface area contributed by atoms with E-state index < -0.39 is 6.10 Å². The molecule has 0 aromatic heterocycles. The van der Waals surface area contributed by atoms with Gasteiger partial charge in [0.2, 0.25) is 0 Å². The van der Waals surface area contributed by atoms with Gasteiger partial charge >= 0.3 is 0 Å². The lowest BCUT2D eigenvalue weighted by atomic mass is 10.0. The molecule has 1 aromatic carbocycles. The molecule has 128 valence electrons. The fraction of sp³-hybridized carbons (Fsp3) is 0.684. The highest BCUT2D eigenvalue weighted by Crippen LogP contribution is 2.21. The van der Waals surface area contributed by atoms with Gasteiger partial charge in [0.25, 0.3) is 0 Å². The molecule has 2 atom stereocenters. The summed E-state index contributed by atoms with van der Waals surface area (Å²) in [5.41, 5.74) is 1.12. The minimum absolute atomic E-state index is 0.371. The Labute approximate surface area is 140 Å². The highest BCUT2D eigenvalue weighted by atomic mass is 16.5. The molecule has 0 spiro atoms. The van der Waals surface area contributed by atoms with Crippen molar-refractivity contribution in [2.24, 2.45) is 0 Å². The van der Waals surface area contributed by atoms with Gasteiger partial charge in [-0.05, 0) is 63.9 Å². The standard InChI is InChI=1S/C19H30N2O2/c1-16-7-2-3-9-19(16)23-15-18(22)14-20-10-6-8-17(13-20)21-11-4-5-12-21/h2-3,7,9,17-18,22H,4-6,8,10-15H2,1H3. The molecule has 0 bridgehead atoms. The monoisotopic (exact) mass is 318 g/mol. The maximum Gasteiger partial charge on any atom is 0.122 e.